The summed E-state index contributed by atoms with van der Waals surface area (Å²) in [5, 5.41) is 3.15. The highest BCUT2D eigenvalue weighted by molar-refractivity contribution is 7.99. The van der Waals surface area contributed by atoms with Gasteiger partial charge in [0, 0.05) is 24.0 Å². The standard InChI is InChI=1S/C16H18N2O3S2/c19-14(10-1-2-12-13(7-10)21-15(22)18-12)17-11-3-5-20-16(8-11)4-6-23-9-16/h1-2,7,11H,3-6,8-9H2,(H,17,19)(H,18,22)/t11-,16-/m0/s1. The normalized spacial score (nSPS) is 27.6. The van der Waals surface area contributed by atoms with Crippen LogP contribution in [-0.2, 0) is 4.74 Å². The van der Waals surface area contributed by atoms with Crippen LogP contribution < -0.4 is 5.32 Å². The number of ether oxygens (including phenoxy) is 1. The van der Waals surface area contributed by atoms with E-state index < -0.39 is 0 Å². The fraction of sp³-hybridized carbons (Fsp3) is 0.500. The Kier molecular flexibility index (Phi) is 3.95. The molecule has 3 heterocycles. The van der Waals surface area contributed by atoms with Crippen molar-refractivity contribution in [2.75, 3.05) is 18.1 Å². The number of nitrogens with one attached hydrogen (secondary N) is 2. The molecule has 1 aromatic heterocycles. The third-order valence-corrected chi connectivity index (χ3v) is 5.99. The molecular weight excluding hydrogens is 332 g/mol. The molecule has 2 N–H and O–H groups in total. The monoisotopic (exact) mass is 350 g/mol. The van der Waals surface area contributed by atoms with Crippen molar-refractivity contribution in [2.24, 2.45) is 0 Å². The molecule has 122 valence electrons. The van der Waals surface area contributed by atoms with Gasteiger partial charge in [-0.15, -0.1) is 0 Å². The summed E-state index contributed by atoms with van der Waals surface area (Å²) in [5.74, 6) is 2.12. The Hall–Kier alpha value is -1.31. The van der Waals surface area contributed by atoms with Crippen LogP contribution in [0.1, 0.15) is 29.6 Å². The van der Waals surface area contributed by atoms with Gasteiger partial charge < -0.3 is 19.5 Å². The average molecular weight is 350 g/mol. The van der Waals surface area contributed by atoms with Crippen molar-refractivity contribution in [1.82, 2.24) is 10.3 Å². The average Bonchev–Trinajstić information content (AvgIpc) is 3.12. The van der Waals surface area contributed by atoms with Crippen LogP contribution in [0.25, 0.3) is 11.1 Å². The number of rotatable bonds is 2. The second kappa shape index (κ2) is 5.96. The van der Waals surface area contributed by atoms with E-state index in [9.17, 15) is 4.79 Å². The third-order valence-electron chi connectivity index (χ3n) is 4.58. The van der Waals surface area contributed by atoms with Crippen molar-refractivity contribution >= 4 is 41.0 Å². The molecule has 0 unspecified atom stereocenters. The smallest absolute Gasteiger partial charge is 0.266 e. The van der Waals surface area contributed by atoms with Gasteiger partial charge in [-0.3, -0.25) is 4.79 Å². The van der Waals surface area contributed by atoms with Gasteiger partial charge in [0.25, 0.3) is 10.7 Å². The number of fused-ring (bicyclic) bond motifs is 1. The van der Waals surface area contributed by atoms with Gasteiger partial charge in [-0.2, -0.15) is 11.8 Å². The molecule has 1 amide bonds. The number of hydrogen-bond donors (Lipinski definition) is 2. The molecule has 0 aliphatic carbocycles. The van der Waals surface area contributed by atoms with E-state index in [-0.39, 0.29) is 17.6 Å². The first-order valence-electron chi connectivity index (χ1n) is 7.79. The number of benzene rings is 1. The molecule has 0 bridgehead atoms. The number of aromatic nitrogens is 1. The number of aromatic amines is 1. The van der Waals surface area contributed by atoms with Crippen LogP contribution in [0.3, 0.4) is 0 Å². The summed E-state index contributed by atoms with van der Waals surface area (Å²) in [5.41, 5.74) is 1.98. The summed E-state index contributed by atoms with van der Waals surface area (Å²) in [7, 11) is 0. The van der Waals surface area contributed by atoms with Crippen molar-refractivity contribution in [3.63, 3.8) is 0 Å². The topological polar surface area (TPSA) is 67.3 Å². The fourth-order valence-corrected chi connectivity index (χ4v) is 4.95. The zero-order valence-corrected chi connectivity index (χ0v) is 14.2. The van der Waals surface area contributed by atoms with Crippen LogP contribution in [-0.4, -0.2) is 40.6 Å². The quantitative estimate of drug-likeness (QED) is 0.814. The molecule has 23 heavy (non-hydrogen) atoms. The predicted octanol–water partition coefficient (Wildman–Crippen LogP) is 3.27. The van der Waals surface area contributed by atoms with E-state index in [2.05, 4.69) is 10.3 Å². The van der Waals surface area contributed by atoms with E-state index in [0.717, 1.165) is 42.9 Å². The lowest BCUT2D eigenvalue weighted by molar-refractivity contribution is -0.0688. The second-order valence-corrected chi connectivity index (χ2v) is 7.70. The minimum Gasteiger partial charge on any atom is -0.429 e. The van der Waals surface area contributed by atoms with Gasteiger partial charge in [0.2, 0.25) is 0 Å². The maximum absolute atomic E-state index is 12.5. The molecule has 0 saturated carbocycles. The van der Waals surface area contributed by atoms with Gasteiger partial charge in [-0.25, -0.2) is 0 Å². The minimum absolute atomic E-state index is 0.0297. The van der Waals surface area contributed by atoms with E-state index in [1.807, 2.05) is 17.8 Å². The molecule has 4 rings (SSSR count). The van der Waals surface area contributed by atoms with E-state index in [4.69, 9.17) is 21.4 Å². The molecule has 1 aromatic carbocycles. The molecular formula is C16H18N2O3S2. The predicted molar refractivity (Wildman–Crippen MR) is 92.5 cm³/mol. The molecule has 2 aliphatic rings. The first-order chi connectivity index (χ1) is 11.1. The van der Waals surface area contributed by atoms with Crippen LogP contribution in [0.5, 0.6) is 0 Å². The lowest BCUT2D eigenvalue weighted by Gasteiger charge is -2.38. The Labute approximate surface area is 143 Å². The first kappa shape index (κ1) is 15.2. The van der Waals surface area contributed by atoms with Gasteiger partial charge in [-0.1, -0.05) is 0 Å². The number of H-pyrrole nitrogens is 1. The second-order valence-electron chi connectivity index (χ2n) is 6.22. The molecule has 2 aliphatic heterocycles. The maximum Gasteiger partial charge on any atom is 0.266 e. The summed E-state index contributed by atoms with van der Waals surface area (Å²) in [6.45, 7) is 0.719. The summed E-state index contributed by atoms with van der Waals surface area (Å²) in [6, 6.07) is 5.52. The molecule has 5 nitrogen and oxygen atoms in total. The van der Waals surface area contributed by atoms with E-state index in [0.29, 0.717) is 16.0 Å². The molecule has 2 fully saturated rings. The number of amides is 1. The maximum atomic E-state index is 12.5. The zero-order chi connectivity index (χ0) is 15.9. The van der Waals surface area contributed by atoms with Gasteiger partial charge >= 0.3 is 0 Å². The molecule has 2 saturated heterocycles. The Balaban J connectivity index is 1.48. The first-order valence-corrected chi connectivity index (χ1v) is 9.35. The number of hydrogen-bond acceptors (Lipinski definition) is 5. The fourth-order valence-electron chi connectivity index (χ4n) is 3.37. The van der Waals surface area contributed by atoms with Crippen LogP contribution in [0.2, 0.25) is 0 Å². The molecule has 0 radical (unpaired) electrons. The summed E-state index contributed by atoms with van der Waals surface area (Å²) in [4.78, 5) is 15.8. The Morgan fingerprint density at radius 3 is 3.22 bits per heavy atom. The van der Waals surface area contributed by atoms with Crippen LogP contribution in [0, 0.1) is 4.84 Å². The van der Waals surface area contributed by atoms with E-state index in [1.165, 1.54) is 0 Å². The van der Waals surface area contributed by atoms with Crippen molar-refractivity contribution in [3.05, 3.63) is 28.6 Å². The van der Waals surface area contributed by atoms with Gasteiger partial charge in [-0.05, 0) is 55.4 Å². The highest BCUT2D eigenvalue weighted by atomic mass is 32.2. The largest absolute Gasteiger partial charge is 0.429 e. The highest BCUT2D eigenvalue weighted by Gasteiger charge is 2.40. The highest BCUT2D eigenvalue weighted by Crippen LogP contribution is 2.38. The van der Waals surface area contributed by atoms with Crippen molar-refractivity contribution in [3.8, 4) is 0 Å². The summed E-state index contributed by atoms with van der Waals surface area (Å²) < 4.78 is 11.4. The van der Waals surface area contributed by atoms with Crippen molar-refractivity contribution in [1.29, 1.82) is 0 Å². The molecule has 7 heteroatoms. The van der Waals surface area contributed by atoms with Gasteiger partial charge in [0.15, 0.2) is 5.58 Å². The van der Waals surface area contributed by atoms with Crippen molar-refractivity contribution < 1.29 is 13.9 Å². The Morgan fingerprint density at radius 1 is 1.48 bits per heavy atom. The Morgan fingerprint density at radius 2 is 2.39 bits per heavy atom. The Bertz CT molecular complexity index is 792. The van der Waals surface area contributed by atoms with E-state index in [1.54, 1.807) is 12.1 Å². The minimum atomic E-state index is -0.0677. The van der Waals surface area contributed by atoms with Gasteiger partial charge in [0.05, 0.1) is 11.1 Å². The number of thioether (sulfide) groups is 1. The lowest BCUT2D eigenvalue weighted by atomic mass is 9.89. The van der Waals surface area contributed by atoms with Crippen LogP contribution in [0.15, 0.2) is 22.6 Å². The number of carbonyl (C=O) groups excluding carboxylic acids is 1. The summed E-state index contributed by atoms with van der Waals surface area (Å²) in [6.07, 6.45) is 2.85. The van der Waals surface area contributed by atoms with Crippen molar-refractivity contribution in [2.45, 2.75) is 30.9 Å². The lowest BCUT2D eigenvalue weighted by Crippen LogP contribution is -2.48. The van der Waals surface area contributed by atoms with Crippen LogP contribution >= 0.6 is 24.0 Å². The molecule has 1 spiro atoms. The molecule has 2 aromatic rings. The number of oxazole rings is 1. The number of carbonyl (C=O) groups is 1. The molecule has 2 atom stereocenters. The van der Waals surface area contributed by atoms with Gasteiger partial charge in [0.1, 0.15) is 0 Å². The van der Waals surface area contributed by atoms with Crippen LogP contribution in [0.4, 0.5) is 0 Å². The SMILES string of the molecule is O=C(N[C@H]1CCO[C@@]2(CCSC2)C1)c1ccc2[nH]c(=S)oc2c1. The van der Waals surface area contributed by atoms with E-state index >= 15 is 0 Å². The zero-order valence-electron chi connectivity index (χ0n) is 12.6. The third kappa shape index (κ3) is 3.05. The summed E-state index contributed by atoms with van der Waals surface area (Å²) >= 11 is 6.91.